The third-order valence-electron chi connectivity index (χ3n) is 5.82. The van der Waals surface area contributed by atoms with Gasteiger partial charge in [0, 0.05) is 7.11 Å². The molecule has 2 fully saturated rings. The van der Waals surface area contributed by atoms with Crippen molar-refractivity contribution in [1.82, 2.24) is 0 Å². The van der Waals surface area contributed by atoms with Gasteiger partial charge in [-0.3, -0.25) is 0 Å². The molecule has 0 aromatic heterocycles. The van der Waals surface area contributed by atoms with E-state index in [4.69, 9.17) is 4.74 Å². The number of rotatable bonds is 7. The average Bonchev–Trinajstić information content (AvgIpc) is 2.54. The summed E-state index contributed by atoms with van der Waals surface area (Å²) in [5.41, 5.74) is 0. The van der Waals surface area contributed by atoms with Crippen molar-refractivity contribution < 1.29 is 4.74 Å². The van der Waals surface area contributed by atoms with Gasteiger partial charge in [0.1, 0.15) is 0 Å². The highest BCUT2D eigenvalue weighted by atomic mass is 16.5. The molecule has 0 spiro atoms. The van der Waals surface area contributed by atoms with Gasteiger partial charge in [0.05, 0.1) is 6.61 Å². The molecule has 0 heterocycles. The highest BCUT2D eigenvalue weighted by molar-refractivity contribution is 4.92. The lowest BCUT2D eigenvalue weighted by Crippen LogP contribution is -2.25. The van der Waals surface area contributed by atoms with Crippen molar-refractivity contribution in [2.45, 2.75) is 64.2 Å². The quantitative estimate of drug-likeness (QED) is 0.541. The summed E-state index contributed by atoms with van der Waals surface area (Å²) in [7, 11) is 1.77. The molecule has 2 aliphatic rings. The van der Waals surface area contributed by atoms with E-state index in [1.807, 2.05) is 0 Å². The zero-order valence-corrected chi connectivity index (χ0v) is 13.9. The van der Waals surface area contributed by atoms with E-state index >= 15 is 0 Å². The standard InChI is InChI=1S/C20H34O/c1-3-4-6-17-8-12-19(13-9-17)20-14-10-18(11-15-20)7-5-16-21-2/h3,5,7,17-20H,1,4,6,8-16H2,2H3/b7-5+/t17-,18-,19-,20-. The Morgan fingerprint density at radius 3 is 2.14 bits per heavy atom. The van der Waals surface area contributed by atoms with Crippen molar-refractivity contribution in [2.24, 2.45) is 23.7 Å². The molecule has 0 radical (unpaired) electrons. The van der Waals surface area contributed by atoms with Crippen LogP contribution in [0.4, 0.5) is 0 Å². The Kier molecular flexibility index (Phi) is 7.57. The summed E-state index contributed by atoms with van der Waals surface area (Å²) >= 11 is 0. The minimum absolute atomic E-state index is 0.772. The molecule has 2 rings (SSSR count). The van der Waals surface area contributed by atoms with Crippen LogP contribution in [-0.2, 0) is 4.74 Å². The first-order chi connectivity index (χ1) is 10.3. The van der Waals surface area contributed by atoms with E-state index in [1.165, 1.54) is 64.2 Å². The highest BCUT2D eigenvalue weighted by Gasteiger charge is 2.29. The summed E-state index contributed by atoms with van der Waals surface area (Å²) in [4.78, 5) is 0. The Bertz CT molecular complexity index is 304. The lowest BCUT2D eigenvalue weighted by Gasteiger charge is -2.37. The summed E-state index contributed by atoms with van der Waals surface area (Å²) in [5, 5.41) is 0. The Labute approximate surface area is 131 Å². The number of allylic oxidation sites excluding steroid dienone is 2. The molecule has 0 aliphatic heterocycles. The second-order valence-electron chi connectivity index (χ2n) is 7.21. The van der Waals surface area contributed by atoms with Crippen LogP contribution in [0.15, 0.2) is 24.8 Å². The maximum Gasteiger partial charge on any atom is 0.0643 e. The van der Waals surface area contributed by atoms with Gasteiger partial charge >= 0.3 is 0 Å². The van der Waals surface area contributed by atoms with Gasteiger partial charge in [0.15, 0.2) is 0 Å². The number of hydrogen-bond acceptors (Lipinski definition) is 1. The van der Waals surface area contributed by atoms with Gasteiger partial charge < -0.3 is 4.74 Å². The maximum atomic E-state index is 5.09. The zero-order valence-electron chi connectivity index (χ0n) is 13.9. The van der Waals surface area contributed by atoms with Gasteiger partial charge in [0.25, 0.3) is 0 Å². The van der Waals surface area contributed by atoms with Gasteiger partial charge in [-0.25, -0.2) is 0 Å². The summed E-state index contributed by atoms with van der Waals surface area (Å²) in [6.07, 6.45) is 21.0. The predicted molar refractivity (Wildman–Crippen MR) is 91.3 cm³/mol. The van der Waals surface area contributed by atoms with E-state index in [-0.39, 0.29) is 0 Å². The molecule has 0 amide bonds. The van der Waals surface area contributed by atoms with Gasteiger partial charge in [-0.15, -0.1) is 6.58 Å². The first kappa shape index (κ1) is 16.8. The molecule has 21 heavy (non-hydrogen) atoms. The van der Waals surface area contributed by atoms with Crippen molar-refractivity contribution in [3.8, 4) is 0 Å². The summed E-state index contributed by atoms with van der Waals surface area (Å²) < 4.78 is 5.09. The van der Waals surface area contributed by atoms with Crippen molar-refractivity contribution in [2.75, 3.05) is 13.7 Å². The third-order valence-corrected chi connectivity index (χ3v) is 5.82. The Morgan fingerprint density at radius 2 is 1.57 bits per heavy atom. The van der Waals surface area contributed by atoms with Crippen LogP contribution in [0.3, 0.4) is 0 Å². The molecule has 2 saturated carbocycles. The lowest BCUT2D eigenvalue weighted by molar-refractivity contribution is 0.152. The van der Waals surface area contributed by atoms with E-state index in [1.54, 1.807) is 7.11 Å². The van der Waals surface area contributed by atoms with Crippen LogP contribution < -0.4 is 0 Å². The Balaban J connectivity index is 1.65. The molecule has 120 valence electrons. The fourth-order valence-electron chi connectivity index (χ4n) is 4.45. The normalized spacial score (nSPS) is 34.1. The molecule has 0 N–H and O–H groups in total. The molecule has 0 bridgehead atoms. The predicted octanol–water partition coefficient (Wildman–Crippen LogP) is 5.77. The third kappa shape index (κ3) is 5.62. The summed E-state index contributed by atoms with van der Waals surface area (Å²) in [6.45, 7) is 4.63. The number of hydrogen-bond donors (Lipinski definition) is 0. The van der Waals surface area contributed by atoms with Gasteiger partial charge in [-0.1, -0.05) is 31.1 Å². The first-order valence-electron chi connectivity index (χ1n) is 9.10. The molecular weight excluding hydrogens is 256 g/mol. The molecule has 0 unspecified atom stereocenters. The van der Waals surface area contributed by atoms with Crippen LogP contribution in [0.25, 0.3) is 0 Å². The van der Waals surface area contributed by atoms with Crippen LogP contribution in [0.2, 0.25) is 0 Å². The maximum absolute atomic E-state index is 5.09. The van der Waals surface area contributed by atoms with Crippen LogP contribution in [0.5, 0.6) is 0 Å². The largest absolute Gasteiger partial charge is 0.381 e. The summed E-state index contributed by atoms with van der Waals surface area (Å²) in [5.74, 6) is 3.87. The molecule has 0 saturated heterocycles. The Morgan fingerprint density at radius 1 is 0.952 bits per heavy atom. The van der Waals surface area contributed by atoms with Crippen LogP contribution in [0.1, 0.15) is 64.2 Å². The molecule has 0 aromatic carbocycles. The van der Waals surface area contributed by atoms with Crippen molar-refractivity contribution in [3.05, 3.63) is 24.8 Å². The zero-order chi connectivity index (χ0) is 14.9. The van der Waals surface area contributed by atoms with Gasteiger partial charge in [-0.05, 0) is 75.0 Å². The van der Waals surface area contributed by atoms with Crippen LogP contribution in [-0.4, -0.2) is 13.7 Å². The fourth-order valence-corrected chi connectivity index (χ4v) is 4.45. The lowest BCUT2D eigenvalue weighted by atomic mass is 9.68. The fraction of sp³-hybridized carbons (Fsp3) is 0.800. The van der Waals surface area contributed by atoms with Gasteiger partial charge in [0.2, 0.25) is 0 Å². The molecular formula is C20H34O. The molecule has 2 aliphatic carbocycles. The van der Waals surface area contributed by atoms with Crippen LogP contribution >= 0.6 is 0 Å². The van der Waals surface area contributed by atoms with Gasteiger partial charge in [-0.2, -0.15) is 0 Å². The number of methoxy groups -OCH3 is 1. The van der Waals surface area contributed by atoms with E-state index in [0.29, 0.717) is 0 Å². The van der Waals surface area contributed by atoms with Crippen molar-refractivity contribution >= 4 is 0 Å². The molecule has 0 atom stereocenters. The minimum atomic E-state index is 0.772. The first-order valence-corrected chi connectivity index (χ1v) is 9.10. The monoisotopic (exact) mass is 290 g/mol. The summed E-state index contributed by atoms with van der Waals surface area (Å²) in [6, 6.07) is 0. The van der Waals surface area contributed by atoms with Crippen molar-refractivity contribution in [1.29, 1.82) is 0 Å². The molecule has 1 nitrogen and oxygen atoms in total. The van der Waals surface area contributed by atoms with E-state index in [2.05, 4.69) is 24.8 Å². The minimum Gasteiger partial charge on any atom is -0.381 e. The van der Waals surface area contributed by atoms with Crippen LogP contribution in [0, 0.1) is 23.7 Å². The second-order valence-corrected chi connectivity index (χ2v) is 7.21. The highest BCUT2D eigenvalue weighted by Crippen LogP contribution is 2.42. The van der Waals surface area contributed by atoms with E-state index in [0.717, 1.165) is 30.3 Å². The smallest absolute Gasteiger partial charge is 0.0643 e. The SMILES string of the molecule is C=CCC[C@H]1CC[C@H]([C@H]2CC[C@H](/C=C/COC)CC2)CC1. The number of ether oxygens (including phenoxy) is 1. The van der Waals surface area contributed by atoms with Crippen molar-refractivity contribution in [3.63, 3.8) is 0 Å². The topological polar surface area (TPSA) is 9.23 Å². The molecule has 1 heteroatoms. The Hall–Kier alpha value is -0.560. The van der Waals surface area contributed by atoms with E-state index < -0.39 is 0 Å². The average molecular weight is 290 g/mol. The second kappa shape index (κ2) is 9.46. The molecule has 0 aromatic rings. The van der Waals surface area contributed by atoms with E-state index in [9.17, 15) is 0 Å².